The summed E-state index contributed by atoms with van der Waals surface area (Å²) in [5, 5.41) is -0.866. The van der Waals surface area contributed by atoms with Crippen LogP contribution < -0.4 is 4.90 Å². The molecule has 8 heteroatoms. The van der Waals surface area contributed by atoms with Crippen molar-refractivity contribution in [2.45, 2.75) is 18.0 Å². The third-order valence-corrected chi connectivity index (χ3v) is 5.43. The van der Waals surface area contributed by atoms with Crippen LogP contribution in [0.15, 0.2) is 24.3 Å². The first-order chi connectivity index (χ1) is 9.95. The van der Waals surface area contributed by atoms with E-state index >= 15 is 0 Å². The predicted molar refractivity (Wildman–Crippen MR) is 76.6 cm³/mol. The molecule has 0 aromatic heterocycles. The van der Waals surface area contributed by atoms with Gasteiger partial charge in [-0.2, -0.15) is 0 Å². The van der Waals surface area contributed by atoms with E-state index in [-0.39, 0.29) is 18.9 Å². The molecule has 0 N–H and O–H groups in total. The van der Waals surface area contributed by atoms with Crippen LogP contribution in [0.25, 0.3) is 0 Å². The number of anilines is 1. The Morgan fingerprint density at radius 2 is 1.95 bits per heavy atom. The highest BCUT2D eigenvalue weighted by molar-refractivity contribution is 8.14. The molecule has 2 aliphatic rings. The second kappa shape index (κ2) is 5.57. The van der Waals surface area contributed by atoms with Gasteiger partial charge in [-0.3, -0.25) is 4.79 Å². The van der Waals surface area contributed by atoms with Crippen LogP contribution in [0.1, 0.15) is 18.3 Å². The topological polar surface area (TPSA) is 72.9 Å². The molecule has 0 radical (unpaired) electrons. The zero-order chi connectivity index (χ0) is 15.0. The Bertz CT molecular complexity index is 656. The maximum atomic E-state index is 12.0. The van der Waals surface area contributed by atoms with Gasteiger partial charge in [-0.25, -0.2) is 8.42 Å². The quantitative estimate of drug-likeness (QED) is 0.783. The Kier molecular flexibility index (Phi) is 3.92. The average molecular weight is 332 g/mol. The summed E-state index contributed by atoms with van der Waals surface area (Å²) < 4.78 is 33.6. The lowest BCUT2D eigenvalue weighted by Gasteiger charge is -2.18. The molecule has 2 heterocycles. The van der Waals surface area contributed by atoms with Crippen LogP contribution in [0.4, 0.5) is 5.69 Å². The number of amides is 1. The molecule has 0 aliphatic carbocycles. The summed E-state index contributed by atoms with van der Waals surface area (Å²) in [6, 6.07) is 7.15. The van der Waals surface area contributed by atoms with Crippen molar-refractivity contribution >= 4 is 31.3 Å². The highest BCUT2D eigenvalue weighted by atomic mass is 35.7. The molecule has 1 aromatic carbocycles. The van der Waals surface area contributed by atoms with Gasteiger partial charge in [0, 0.05) is 34.9 Å². The molecule has 2 fully saturated rings. The summed E-state index contributed by atoms with van der Waals surface area (Å²) in [7, 11) is 1.60. The zero-order valence-electron chi connectivity index (χ0n) is 11.1. The standard InChI is InChI=1S/C13H14ClNO5S/c14-21(17,18)11-7-12(16)15(8-11)10-3-1-2-9(6-10)13-19-4-5-20-13/h1-3,6,11,13H,4-5,7-8H2. The maximum absolute atomic E-state index is 12.0. The van der Waals surface area contributed by atoms with E-state index in [1.165, 1.54) is 4.90 Å². The van der Waals surface area contributed by atoms with Crippen LogP contribution in [0.3, 0.4) is 0 Å². The second-order valence-electron chi connectivity index (χ2n) is 4.97. The fourth-order valence-corrected chi connectivity index (χ4v) is 3.53. The van der Waals surface area contributed by atoms with Gasteiger partial charge in [0.15, 0.2) is 6.29 Å². The van der Waals surface area contributed by atoms with Crippen molar-refractivity contribution in [1.29, 1.82) is 0 Å². The summed E-state index contributed by atoms with van der Waals surface area (Å²) in [5.74, 6) is -0.255. The van der Waals surface area contributed by atoms with Gasteiger partial charge < -0.3 is 14.4 Å². The number of halogens is 1. The lowest BCUT2D eigenvalue weighted by molar-refractivity contribution is -0.117. The summed E-state index contributed by atoms with van der Waals surface area (Å²) in [6.07, 6.45) is -0.526. The number of nitrogens with zero attached hydrogens (tertiary/aromatic N) is 1. The molecular weight excluding hydrogens is 318 g/mol. The Morgan fingerprint density at radius 1 is 1.24 bits per heavy atom. The van der Waals surface area contributed by atoms with Crippen LogP contribution >= 0.6 is 10.7 Å². The third-order valence-electron chi connectivity index (χ3n) is 3.56. The zero-order valence-corrected chi connectivity index (χ0v) is 12.6. The monoisotopic (exact) mass is 331 g/mol. The molecule has 21 heavy (non-hydrogen) atoms. The number of carbonyl (C=O) groups is 1. The minimum atomic E-state index is -3.74. The summed E-state index contributed by atoms with van der Waals surface area (Å²) in [4.78, 5) is 13.4. The number of hydrogen-bond acceptors (Lipinski definition) is 5. The molecule has 0 saturated carbocycles. The number of carbonyl (C=O) groups excluding carboxylic acids is 1. The number of rotatable bonds is 3. The van der Waals surface area contributed by atoms with E-state index in [1.54, 1.807) is 18.2 Å². The van der Waals surface area contributed by atoms with Gasteiger partial charge in [-0.15, -0.1) is 0 Å². The summed E-state index contributed by atoms with van der Waals surface area (Å²) in [5.41, 5.74) is 1.43. The van der Waals surface area contributed by atoms with E-state index in [0.717, 1.165) is 5.56 Å². The third kappa shape index (κ3) is 3.06. The number of ether oxygens (including phenoxy) is 2. The first kappa shape index (κ1) is 14.8. The van der Waals surface area contributed by atoms with E-state index in [1.807, 2.05) is 6.07 Å². The highest BCUT2D eigenvalue weighted by Crippen LogP contribution is 2.30. The first-order valence-electron chi connectivity index (χ1n) is 6.52. The minimum absolute atomic E-state index is 0.0699. The molecule has 0 bridgehead atoms. The number of benzene rings is 1. The first-order valence-corrected chi connectivity index (χ1v) is 8.89. The van der Waals surface area contributed by atoms with Gasteiger partial charge in [-0.05, 0) is 12.1 Å². The summed E-state index contributed by atoms with van der Waals surface area (Å²) in [6.45, 7) is 1.13. The molecule has 1 aromatic rings. The highest BCUT2D eigenvalue weighted by Gasteiger charge is 2.38. The molecule has 2 saturated heterocycles. The molecular formula is C13H14ClNO5S. The second-order valence-corrected chi connectivity index (χ2v) is 7.88. The Labute approximate surface area is 127 Å². The molecule has 1 amide bonds. The van der Waals surface area contributed by atoms with Gasteiger partial charge in [0.05, 0.1) is 13.2 Å². The maximum Gasteiger partial charge on any atom is 0.237 e. The van der Waals surface area contributed by atoms with Gasteiger partial charge in [0.25, 0.3) is 0 Å². The fourth-order valence-electron chi connectivity index (χ4n) is 2.50. The van der Waals surface area contributed by atoms with Crippen molar-refractivity contribution in [3.8, 4) is 0 Å². The average Bonchev–Trinajstić information content (AvgIpc) is 3.07. The van der Waals surface area contributed by atoms with Crippen molar-refractivity contribution in [1.82, 2.24) is 0 Å². The minimum Gasteiger partial charge on any atom is -0.346 e. The molecule has 0 spiro atoms. The van der Waals surface area contributed by atoms with Crippen LogP contribution in [0.5, 0.6) is 0 Å². The van der Waals surface area contributed by atoms with Crippen molar-refractivity contribution in [3.05, 3.63) is 29.8 Å². The van der Waals surface area contributed by atoms with E-state index in [9.17, 15) is 13.2 Å². The van der Waals surface area contributed by atoms with Gasteiger partial charge in [-0.1, -0.05) is 12.1 Å². The van der Waals surface area contributed by atoms with Gasteiger partial charge in [0.1, 0.15) is 5.25 Å². The van der Waals surface area contributed by atoms with Gasteiger partial charge >= 0.3 is 0 Å². The lowest BCUT2D eigenvalue weighted by atomic mass is 10.2. The van der Waals surface area contributed by atoms with Crippen molar-refractivity contribution in [2.75, 3.05) is 24.7 Å². The van der Waals surface area contributed by atoms with Gasteiger partial charge in [0.2, 0.25) is 15.0 Å². The van der Waals surface area contributed by atoms with E-state index in [4.69, 9.17) is 20.2 Å². The molecule has 114 valence electrons. The SMILES string of the molecule is O=C1CC(S(=O)(=O)Cl)CN1c1cccc(C2OCCO2)c1. The number of hydrogen-bond donors (Lipinski definition) is 0. The van der Waals surface area contributed by atoms with Crippen molar-refractivity contribution in [2.24, 2.45) is 0 Å². The smallest absolute Gasteiger partial charge is 0.237 e. The lowest BCUT2D eigenvalue weighted by Crippen LogP contribution is -2.26. The van der Waals surface area contributed by atoms with Crippen LogP contribution in [-0.4, -0.2) is 39.3 Å². The summed E-state index contributed by atoms with van der Waals surface area (Å²) >= 11 is 0. The van der Waals surface area contributed by atoms with E-state index in [2.05, 4.69) is 0 Å². The largest absolute Gasteiger partial charge is 0.346 e. The van der Waals surface area contributed by atoms with E-state index in [0.29, 0.717) is 18.9 Å². The molecule has 2 aliphatic heterocycles. The Hall–Kier alpha value is -1.15. The normalized spacial score (nSPS) is 24.0. The Balaban J connectivity index is 1.84. The van der Waals surface area contributed by atoms with Crippen molar-refractivity contribution < 1.29 is 22.7 Å². The Morgan fingerprint density at radius 3 is 2.57 bits per heavy atom. The molecule has 3 rings (SSSR count). The predicted octanol–water partition coefficient (Wildman–Crippen LogP) is 1.41. The van der Waals surface area contributed by atoms with E-state index < -0.39 is 20.6 Å². The van der Waals surface area contributed by atoms with Crippen LogP contribution in [0.2, 0.25) is 0 Å². The van der Waals surface area contributed by atoms with Crippen molar-refractivity contribution in [3.63, 3.8) is 0 Å². The van der Waals surface area contributed by atoms with Crippen LogP contribution in [0, 0.1) is 0 Å². The van der Waals surface area contributed by atoms with Crippen LogP contribution in [-0.2, 0) is 23.3 Å². The molecule has 6 nitrogen and oxygen atoms in total. The molecule has 1 atom stereocenters. The fraction of sp³-hybridized carbons (Fsp3) is 0.462. The molecule has 1 unspecified atom stereocenters.